The van der Waals surface area contributed by atoms with E-state index in [-0.39, 0.29) is 29.6 Å². The highest BCUT2D eigenvalue weighted by Gasteiger charge is 2.32. The van der Waals surface area contributed by atoms with Crippen molar-refractivity contribution >= 4 is 137 Å². The van der Waals surface area contributed by atoms with Gasteiger partial charge in [-0.15, -0.1) is 0 Å². The van der Waals surface area contributed by atoms with Gasteiger partial charge in [-0.05, 0) is 328 Å². The first-order valence-electron chi connectivity index (χ1n) is 50.8. The average Bonchev–Trinajstić information content (AvgIpc) is 1.67. The van der Waals surface area contributed by atoms with Gasteiger partial charge in [0.15, 0.2) is 0 Å². The molecule has 0 aromatic heterocycles. The van der Waals surface area contributed by atoms with Crippen molar-refractivity contribution in [2.24, 2.45) is 51.8 Å². The lowest BCUT2D eigenvalue weighted by Crippen LogP contribution is -2.11. The molecular formula is C126H127Cl4F5N8O2. The van der Waals surface area contributed by atoms with Crippen LogP contribution in [0.25, 0.3) is 44.6 Å². The van der Waals surface area contributed by atoms with Crippen LogP contribution in [0.2, 0.25) is 15.1 Å². The minimum atomic E-state index is -0.389. The Labute approximate surface area is 872 Å². The zero-order valence-corrected chi connectivity index (χ0v) is 88.2. The number of aryl methyl sites for hydroxylation is 2. The van der Waals surface area contributed by atoms with Gasteiger partial charge in [-0.2, -0.15) is 17.6 Å². The fourth-order valence-corrected chi connectivity index (χ4v) is 23.1. The smallest absolute Gasteiger partial charge is 0.217 e. The van der Waals surface area contributed by atoms with Gasteiger partial charge in [-0.25, -0.2) is 29.4 Å². The third-order valence-electron chi connectivity index (χ3n) is 29.7. The van der Waals surface area contributed by atoms with Gasteiger partial charge in [0.2, 0.25) is 23.8 Å². The molecule has 16 aliphatic rings. The fourth-order valence-electron chi connectivity index (χ4n) is 21.6. The van der Waals surface area contributed by atoms with Gasteiger partial charge in [-0.3, -0.25) is 15.0 Å². The number of halogens is 9. The van der Waals surface area contributed by atoms with Gasteiger partial charge < -0.3 is 9.47 Å². The molecule has 10 aliphatic heterocycles. The quantitative estimate of drug-likeness (QED) is 0.0856. The molecule has 6 aliphatic carbocycles. The molecule has 2 unspecified atom stereocenters. The Morgan fingerprint density at radius 1 is 0.276 bits per heavy atom. The molecule has 0 saturated heterocycles. The predicted molar refractivity (Wildman–Crippen MR) is 599 cm³/mol. The van der Waals surface area contributed by atoms with Crippen molar-refractivity contribution in [3.05, 3.63) is 397 Å². The van der Waals surface area contributed by atoms with Crippen molar-refractivity contribution in [1.29, 1.82) is 0 Å². The van der Waals surface area contributed by atoms with Gasteiger partial charge in [-0.1, -0.05) is 231 Å². The molecular weight excluding hydrogens is 1890 g/mol. The number of hydrogen-bond donors (Lipinski definition) is 0. The summed E-state index contributed by atoms with van der Waals surface area (Å²) in [5.74, 6) is 1.73. The maximum absolute atomic E-state index is 14.7. The number of fused-ring (bicyclic) bond motifs is 8. The molecule has 0 spiro atoms. The van der Waals surface area contributed by atoms with E-state index in [9.17, 15) is 22.0 Å². The molecule has 746 valence electrons. The molecule has 0 radical (unpaired) electrons. The van der Waals surface area contributed by atoms with Crippen molar-refractivity contribution in [3.8, 4) is 0 Å². The number of rotatable bonds is 8. The van der Waals surface area contributed by atoms with Crippen LogP contribution in [0.1, 0.15) is 293 Å². The minimum Gasteiger partial charge on any atom is -0.494 e. The number of nitrogens with zero attached hydrogens (tertiary/aromatic N) is 8. The Morgan fingerprint density at radius 2 is 0.586 bits per heavy atom. The first-order chi connectivity index (χ1) is 69.5. The SMILES string of the molecule is C=C1CCc2c(ccc(C3=C(Cl)N=C(C)C3)c2F)C1.C=C1CCc2c(ccc(C3=C(F)N=C(C)C3)c2Cl)C1.C=C1CCc2c(ccc(C3=C(F)N=C(C)C3)c2Cl)C1.C=C1CCc2c(ccc(C3=CN=C(C)C3)c2Cl)C1.C=C1Cc2ccc(C3=C(F)N=C(C)C3)cc2CO1.C=C1Cc2ccc(C3=CN=C(C)C3)cc2CO1.CC1=NC(F)=C(c2ccc3c(c2)CCC(C)C3)C1.CC1=NC=C(c2ccc3c(c2)CCC(C)C3)C1. The van der Waals surface area contributed by atoms with Crippen LogP contribution in [0, 0.1) is 17.7 Å². The van der Waals surface area contributed by atoms with Crippen molar-refractivity contribution in [3.63, 3.8) is 0 Å². The van der Waals surface area contributed by atoms with Crippen molar-refractivity contribution < 1.29 is 31.4 Å². The topological polar surface area (TPSA) is 117 Å². The largest absolute Gasteiger partial charge is 0.494 e. The highest BCUT2D eigenvalue weighted by molar-refractivity contribution is 6.35. The van der Waals surface area contributed by atoms with E-state index >= 15 is 0 Å². The number of aliphatic imine (C=N–C) groups is 8. The second-order valence-corrected chi connectivity index (χ2v) is 43.1. The lowest BCUT2D eigenvalue weighted by molar-refractivity contribution is 0.182. The summed E-state index contributed by atoms with van der Waals surface area (Å²) in [6.45, 7) is 45.2. The number of hydrogen-bond acceptors (Lipinski definition) is 10. The molecule has 10 heterocycles. The number of benzene rings is 8. The fraction of sp³-hybridized carbons (Fsp3) is 0.333. The van der Waals surface area contributed by atoms with Gasteiger partial charge in [0.05, 0.1) is 26.6 Å². The molecule has 19 heteroatoms. The lowest BCUT2D eigenvalue weighted by atomic mass is 9.83. The summed E-state index contributed by atoms with van der Waals surface area (Å²) >= 11 is 25.7. The highest BCUT2D eigenvalue weighted by atomic mass is 35.5. The van der Waals surface area contributed by atoms with Gasteiger partial charge in [0.25, 0.3) is 0 Å². The van der Waals surface area contributed by atoms with Crippen LogP contribution in [-0.4, -0.2) is 45.7 Å². The zero-order valence-electron chi connectivity index (χ0n) is 85.2. The Kier molecular flexibility index (Phi) is 33.0. The second-order valence-electron chi connectivity index (χ2n) is 41.7. The van der Waals surface area contributed by atoms with Crippen molar-refractivity contribution in [1.82, 2.24) is 0 Å². The molecule has 0 saturated carbocycles. The maximum atomic E-state index is 14.7. The molecule has 0 amide bonds. The molecule has 10 nitrogen and oxygen atoms in total. The maximum Gasteiger partial charge on any atom is 0.217 e. The molecule has 8 aromatic carbocycles. The van der Waals surface area contributed by atoms with Crippen LogP contribution in [0.3, 0.4) is 0 Å². The summed E-state index contributed by atoms with van der Waals surface area (Å²) in [7, 11) is 0. The molecule has 145 heavy (non-hydrogen) atoms. The summed E-state index contributed by atoms with van der Waals surface area (Å²) in [5, 5.41) is 2.74. The molecule has 0 fully saturated rings. The Bertz CT molecular complexity index is 7030. The monoisotopic (exact) mass is 2020 g/mol. The lowest BCUT2D eigenvalue weighted by Gasteiger charge is -2.22. The van der Waals surface area contributed by atoms with E-state index in [1.54, 1.807) is 11.1 Å². The Morgan fingerprint density at radius 3 is 0.959 bits per heavy atom. The molecule has 2 atom stereocenters. The van der Waals surface area contributed by atoms with Crippen LogP contribution in [-0.2, 0) is 113 Å². The Balaban J connectivity index is 0.000000114. The normalized spacial score (nSPS) is 19.6. The van der Waals surface area contributed by atoms with Crippen LogP contribution < -0.4 is 0 Å². The summed E-state index contributed by atoms with van der Waals surface area (Å²) in [5.41, 5.74) is 48.3. The molecule has 8 aromatic rings. The summed E-state index contributed by atoms with van der Waals surface area (Å²) in [6.07, 6.45) is 31.7. The number of allylic oxidation sites excluding steroid dienone is 14. The third kappa shape index (κ3) is 24.9. The van der Waals surface area contributed by atoms with Crippen LogP contribution >= 0.6 is 46.4 Å². The summed E-state index contributed by atoms with van der Waals surface area (Å²) < 4.78 is 80.6. The van der Waals surface area contributed by atoms with E-state index in [1.165, 1.54) is 137 Å². The van der Waals surface area contributed by atoms with E-state index in [1.807, 2.05) is 95.7 Å². The predicted octanol–water partition coefficient (Wildman–Crippen LogP) is 34.6. The number of ether oxygens (including phenoxy) is 2. The molecule has 24 rings (SSSR count). The molecule has 0 bridgehead atoms. The van der Waals surface area contributed by atoms with E-state index in [2.05, 4.69) is 193 Å². The van der Waals surface area contributed by atoms with Gasteiger partial charge in [0, 0.05) is 173 Å². The van der Waals surface area contributed by atoms with Gasteiger partial charge in [0.1, 0.15) is 24.2 Å². The standard InChI is InChI=1S/3C16H15ClFN.C16H16ClN.C16H18FN.C16H19N.C15H14FNO.C15H15NO/c1-9-3-5-12-11(7-9)4-6-13(15(12)18)14-8-10(2)19-16(14)17;2*1-9-3-5-12-11(7-9)4-6-13(15(12)17)14-8-10(2)19-16(14)18;1-10-3-5-14-12(7-10)4-6-15(16(14)17)13-8-11(2)18-9-13;1-10-3-4-13-9-14(6-5-12(13)7-10)15-8-11(2)18-16(15)17;1-11-3-4-14-9-15(6-5-13(14)7-11)16-8-12(2)17-10-16;1-9-5-14(15(16)17-9)12-4-3-11-6-10(2)18-8-13(11)7-12;1-10-5-14(8-16-10)13-4-3-12-6-11(2)17-9-15(12)7-13/h3*4,6H,1,3,5,7-8H2,2H3;4,6,9H,1,3,5,7-8H2,2H3;5-6,9-10H,3-4,7-8H2,1-2H3;5-6,9-11H,3-4,7-8H2,1-2H3;3-4,7H,2,5-6,8H2,1H3;3-4,7-8H,2,5-6,9H2,1H3. The summed E-state index contributed by atoms with van der Waals surface area (Å²) in [4.78, 5) is 32.7. The van der Waals surface area contributed by atoms with E-state index in [0.29, 0.717) is 82.8 Å². The first kappa shape index (κ1) is 104. The van der Waals surface area contributed by atoms with Crippen LogP contribution in [0.15, 0.2) is 282 Å². The van der Waals surface area contributed by atoms with E-state index < -0.39 is 0 Å². The van der Waals surface area contributed by atoms with E-state index in [0.717, 1.165) is 251 Å². The first-order valence-corrected chi connectivity index (χ1v) is 52.3. The van der Waals surface area contributed by atoms with Crippen molar-refractivity contribution in [2.75, 3.05) is 0 Å². The average molecular weight is 2020 g/mol. The van der Waals surface area contributed by atoms with Crippen molar-refractivity contribution in [2.45, 2.75) is 262 Å². The minimum absolute atomic E-state index is 0.122. The highest BCUT2D eigenvalue weighted by Crippen LogP contribution is 2.47. The zero-order chi connectivity index (χ0) is 102. The Hall–Kier alpha value is -12.1. The van der Waals surface area contributed by atoms with Crippen LogP contribution in [0.5, 0.6) is 0 Å². The molecule has 0 N–H and O–H groups in total. The van der Waals surface area contributed by atoms with Crippen LogP contribution in [0.4, 0.5) is 22.0 Å². The second kappa shape index (κ2) is 45.9. The van der Waals surface area contributed by atoms with Gasteiger partial charge >= 0.3 is 0 Å². The summed E-state index contributed by atoms with van der Waals surface area (Å²) in [6, 6.07) is 42.1. The third-order valence-corrected chi connectivity index (χ3v) is 31.3. The van der Waals surface area contributed by atoms with E-state index in [4.69, 9.17) is 55.9 Å².